The standard InChI is InChI=1S/C19H36S2/c1-6-9-10-12-19(21-15-8-3)17(11-7-2)13-14-18(20)16(4)5/h9,16-20H,1,7-8,10-15H2,2-5H3. The third kappa shape index (κ3) is 10.6. The quantitative estimate of drug-likeness (QED) is 0.287. The van der Waals surface area contributed by atoms with E-state index in [1.54, 1.807) is 0 Å². The van der Waals surface area contributed by atoms with E-state index in [2.05, 4.69) is 57.8 Å². The third-order valence-electron chi connectivity index (χ3n) is 4.06. The summed E-state index contributed by atoms with van der Waals surface area (Å²) in [5.74, 6) is 2.82. The van der Waals surface area contributed by atoms with E-state index in [9.17, 15) is 0 Å². The Morgan fingerprint density at radius 3 is 2.33 bits per heavy atom. The van der Waals surface area contributed by atoms with Gasteiger partial charge in [0, 0.05) is 10.5 Å². The number of thioether (sulfide) groups is 1. The fourth-order valence-corrected chi connectivity index (χ4v) is 4.21. The van der Waals surface area contributed by atoms with E-state index in [0.717, 1.165) is 17.6 Å². The maximum Gasteiger partial charge on any atom is 0.00784 e. The molecule has 2 heteroatoms. The Balaban J connectivity index is 4.56. The highest BCUT2D eigenvalue weighted by Crippen LogP contribution is 2.33. The third-order valence-corrected chi connectivity index (χ3v) is 6.61. The van der Waals surface area contributed by atoms with Crippen LogP contribution in [-0.4, -0.2) is 16.3 Å². The van der Waals surface area contributed by atoms with Gasteiger partial charge in [-0.15, -0.1) is 5.73 Å². The van der Waals surface area contributed by atoms with Gasteiger partial charge in [-0.3, -0.25) is 0 Å². The van der Waals surface area contributed by atoms with Crippen molar-refractivity contribution in [3.8, 4) is 0 Å². The molecule has 0 saturated heterocycles. The Kier molecular flexibility index (Phi) is 14.0. The van der Waals surface area contributed by atoms with Crippen LogP contribution < -0.4 is 0 Å². The van der Waals surface area contributed by atoms with Crippen LogP contribution in [-0.2, 0) is 0 Å². The van der Waals surface area contributed by atoms with Crippen LogP contribution in [0.4, 0.5) is 0 Å². The lowest BCUT2D eigenvalue weighted by molar-refractivity contribution is 0.391. The fourth-order valence-electron chi connectivity index (χ4n) is 2.68. The summed E-state index contributed by atoms with van der Waals surface area (Å²) in [6, 6.07) is 0. The summed E-state index contributed by atoms with van der Waals surface area (Å²) in [5.41, 5.74) is 2.92. The van der Waals surface area contributed by atoms with E-state index in [1.165, 1.54) is 44.3 Å². The van der Waals surface area contributed by atoms with Gasteiger partial charge in [0.2, 0.25) is 0 Å². The Labute approximate surface area is 143 Å². The lowest BCUT2D eigenvalue weighted by Gasteiger charge is -2.28. The Morgan fingerprint density at radius 2 is 1.81 bits per heavy atom. The molecule has 0 aromatic heterocycles. The zero-order chi connectivity index (χ0) is 16.1. The number of hydrogen-bond donors (Lipinski definition) is 1. The number of hydrogen-bond acceptors (Lipinski definition) is 2. The van der Waals surface area contributed by atoms with Gasteiger partial charge in [0.05, 0.1) is 0 Å². The molecule has 0 spiro atoms. The van der Waals surface area contributed by atoms with Gasteiger partial charge in [0.1, 0.15) is 0 Å². The van der Waals surface area contributed by atoms with Crippen LogP contribution in [0.3, 0.4) is 0 Å². The zero-order valence-corrected chi connectivity index (χ0v) is 16.3. The molecule has 0 N–H and O–H groups in total. The number of thiol groups is 1. The molecule has 0 heterocycles. The van der Waals surface area contributed by atoms with E-state index in [1.807, 2.05) is 0 Å². The van der Waals surface area contributed by atoms with E-state index >= 15 is 0 Å². The Bertz CT molecular complexity index is 279. The fraction of sp³-hybridized carbons (Fsp3) is 0.842. The maximum atomic E-state index is 4.76. The van der Waals surface area contributed by atoms with Crippen molar-refractivity contribution in [2.75, 3.05) is 5.75 Å². The van der Waals surface area contributed by atoms with Crippen molar-refractivity contribution in [3.63, 3.8) is 0 Å². The summed E-state index contributed by atoms with van der Waals surface area (Å²) >= 11 is 6.95. The van der Waals surface area contributed by atoms with Gasteiger partial charge in [-0.25, -0.2) is 0 Å². The van der Waals surface area contributed by atoms with Crippen molar-refractivity contribution >= 4 is 24.4 Å². The molecule has 0 saturated carbocycles. The summed E-state index contributed by atoms with van der Waals surface area (Å²) in [6.45, 7) is 12.8. The largest absolute Gasteiger partial charge is 0.176 e. The predicted molar refractivity (Wildman–Crippen MR) is 105 cm³/mol. The van der Waals surface area contributed by atoms with Gasteiger partial charge >= 0.3 is 0 Å². The van der Waals surface area contributed by atoms with Gasteiger partial charge in [0.15, 0.2) is 0 Å². The molecular weight excluding hydrogens is 292 g/mol. The molecule has 3 atom stereocenters. The first-order valence-corrected chi connectivity index (χ1v) is 10.3. The smallest absolute Gasteiger partial charge is 0.00784 e. The maximum absolute atomic E-state index is 4.76. The molecule has 0 fully saturated rings. The highest BCUT2D eigenvalue weighted by molar-refractivity contribution is 7.99. The van der Waals surface area contributed by atoms with Crippen molar-refractivity contribution in [3.05, 3.63) is 18.4 Å². The number of allylic oxidation sites excluding steroid dienone is 1. The van der Waals surface area contributed by atoms with Crippen molar-refractivity contribution in [1.29, 1.82) is 0 Å². The molecule has 0 rings (SSSR count). The molecule has 124 valence electrons. The summed E-state index contributed by atoms with van der Waals surface area (Å²) in [6.07, 6.45) is 11.0. The lowest BCUT2D eigenvalue weighted by atomic mass is 9.89. The van der Waals surface area contributed by atoms with Gasteiger partial charge in [-0.1, -0.05) is 40.7 Å². The predicted octanol–water partition coefficient (Wildman–Crippen LogP) is 6.77. The van der Waals surface area contributed by atoms with E-state index in [0.29, 0.717) is 11.2 Å². The minimum absolute atomic E-state index is 0.550. The molecule has 3 unspecified atom stereocenters. The molecule has 0 amide bonds. The lowest BCUT2D eigenvalue weighted by Crippen LogP contribution is -2.20. The average Bonchev–Trinajstić information content (AvgIpc) is 2.46. The highest BCUT2D eigenvalue weighted by atomic mass is 32.2. The molecule has 0 aromatic carbocycles. The first kappa shape index (κ1) is 21.2. The summed E-state index contributed by atoms with van der Waals surface area (Å²) < 4.78 is 0. The average molecular weight is 329 g/mol. The zero-order valence-electron chi connectivity index (χ0n) is 14.6. The minimum atomic E-state index is 0.550. The van der Waals surface area contributed by atoms with Crippen molar-refractivity contribution < 1.29 is 0 Å². The first-order chi connectivity index (χ1) is 10.1. The molecule has 0 nitrogen and oxygen atoms in total. The van der Waals surface area contributed by atoms with Crippen LogP contribution in [0.25, 0.3) is 0 Å². The second-order valence-electron chi connectivity index (χ2n) is 6.33. The second-order valence-corrected chi connectivity index (χ2v) is 8.34. The van der Waals surface area contributed by atoms with E-state index in [4.69, 9.17) is 12.6 Å². The van der Waals surface area contributed by atoms with Gasteiger partial charge in [0.25, 0.3) is 0 Å². The monoisotopic (exact) mass is 328 g/mol. The molecule has 21 heavy (non-hydrogen) atoms. The van der Waals surface area contributed by atoms with Gasteiger partial charge < -0.3 is 0 Å². The first-order valence-electron chi connectivity index (χ1n) is 8.70. The topological polar surface area (TPSA) is 0 Å². The SMILES string of the molecule is C=C=CCCC(SCCC)C(CCC)CCC(S)C(C)C. The van der Waals surface area contributed by atoms with Crippen molar-refractivity contribution in [1.82, 2.24) is 0 Å². The van der Waals surface area contributed by atoms with Gasteiger partial charge in [-0.05, 0) is 62.2 Å². The molecule has 0 aliphatic rings. The van der Waals surface area contributed by atoms with Crippen LogP contribution >= 0.6 is 24.4 Å². The van der Waals surface area contributed by atoms with Crippen molar-refractivity contribution in [2.24, 2.45) is 11.8 Å². The Hall–Kier alpha value is 0.220. The molecule has 0 aliphatic heterocycles. The molecule has 0 bridgehead atoms. The molecule has 0 radical (unpaired) electrons. The normalized spacial score (nSPS) is 15.5. The summed E-state index contributed by atoms with van der Waals surface area (Å²) in [5, 5.41) is 1.34. The molecule has 0 aromatic rings. The second kappa shape index (κ2) is 13.9. The summed E-state index contributed by atoms with van der Waals surface area (Å²) in [7, 11) is 0. The van der Waals surface area contributed by atoms with Crippen LogP contribution in [0, 0.1) is 11.8 Å². The van der Waals surface area contributed by atoms with Crippen LogP contribution in [0.1, 0.15) is 72.6 Å². The Morgan fingerprint density at radius 1 is 1.10 bits per heavy atom. The van der Waals surface area contributed by atoms with Crippen molar-refractivity contribution in [2.45, 2.75) is 83.1 Å². The highest BCUT2D eigenvalue weighted by Gasteiger charge is 2.22. The van der Waals surface area contributed by atoms with Gasteiger partial charge in [-0.2, -0.15) is 24.4 Å². The number of rotatable bonds is 13. The minimum Gasteiger partial charge on any atom is -0.176 e. The van der Waals surface area contributed by atoms with E-state index < -0.39 is 0 Å². The van der Waals surface area contributed by atoms with E-state index in [-0.39, 0.29) is 0 Å². The summed E-state index contributed by atoms with van der Waals surface area (Å²) in [4.78, 5) is 0. The van der Waals surface area contributed by atoms with Crippen LogP contribution in [0.2, 0.25) is 0 Å². The van der Waals surface area contributed by atoms with Crippen LogP contribution in [0.5, 0.6) is 0 Å². The molecule has 0 aliphatic carbocycles. The molecular formula is C19H36S2. The van der Waals surface area contributed by atoms with Crippen LogP contribution in [0.15, 0.2) is 18.4 Å².